The Morgan fingerprint density at radius 3 is 2.83 bits per heavy atom. The van der Waals surface area contributed by atoms with Crippen LogP contribution < -0.4 is 5.32 Å². The van der Waals surface area contributed by atoms with Gasteiger partial charge in [0.05, 0.1) is 23.4 Å². The second kappa shape index (κ2) is 7.86. The lowest BCUT2D eigenvalue weighted by atomic mass is 10.1. The Hall–Kier alpha value is -2.23. The molecule has 122 valence electrons. The number of nitrogens with one attached hydrogen (secondary N) is 1. The van der Waals surface area contributed by atoms with Gasteiger partial charge < -0.3 is 10.4 Å². The molecule has 0 aliphatic carbocycles. The fourth-order valence-corrected chi connectivity index (χ4v) is 2.62. The standard InChI is InChI=1S/C17H21FN4O/c1-3-22(6-7-23)5-4-20-17-13(10-19)11-21-16-12(2)8-14(18)9-15(16)17/h8-9,11,23H,3-7H2,1-2H3,(H,20,21). The van der Waals surface area contributed by atoms with Gasteiger partial charge in [-0.05, 0) is 31.2 Å². The molecule has 1 aromatic heterocycles. The highest BCUT2D eigenvalue weighted by Crippen LogP contribution is 2.28. The van der Waals surface area contributed by atoms with Crippen molar-refractivity contribution < 1.29 is 9.50 Å². The quantitative estimate of drug-likeness (QED) is 0.820. The average molecular weight is 316 g/mol. The van der Waals surface area contributed by atoms with Crippen molar-refractivity contribution in [2.45, 2.75) is 13.8 Å². The molecule has 1 aromatic carbocycles. The fraction of sp³-hybridized carbons (Fsp3) is 0.412. The normalized spacial score (nSPS) is 11.0. The van der Waals surface area contributed by atoms with Gasteiger partial charge in [0.1, 0.15) is 11.9 Å². The van der Waals surface area contributed by atoms with Crippen LogP contribution in [-0.4, -0.2) is 47.8 Å². The first kappa shape index (κ1) is 17.1. The molecule has 23 heavy (non-hydrogen) atoms. The van der Waals surface area contributed by atoms with Crippen molar-refractivity contribution in [3.63, 3.8) is 0 Å². The van der Waals surface area contributed by atoms with E-state index in [2.05, 4.69) is 21.3 Å². The highest BCUT2D eigenvalue weighted by Gasteiger charge is 2.12. The van der Waals surface area contributed by atoms with Crippen molar-refractivity contribution in [3.05, 3.63) is 35.3 Å². The molecule has 1 heterocycles. The molecule has 0 atom stereocenters. The van der Waals surface area contributed by atoms with Crippen molar-refractivity contribution in [1.82, 2.24) is 9.88 Å². The molecule has 0 saturated carbocycles. The Balaban J connectivity index is 2.29. The Labute approximate surface area is 135 Å². The molecule has 0 radical (unpaired) electrons. The molecular weight excluding hydrogens is 295 g/mol. The van der Waals surface area contributed by atoms with Gasteiger partial charge in [-0.15, -0.1) is 0 Å². The number of aryl methyl sites for hydroxylation is 1. The van der Waals surface area contributed by atoms with Crippen LogP contribution in [0.2, 0.25) is 0 Å². The van der Waals surface area contributed by atoms with Crippen LogP contribution in [-0.2, 0) is 0 Å². The van der Waals surface area contributed by atoms with Crippen LogP contribution in [0.1, 0.15) is 18.1 Å². The number of nitriles is 1. The molecule has 0 amide bonds. The smallest absolute Gasteiger partial charge is 0.124 e. The summed E-state index contributed by atoms with van der Waals surface area (Å²) in [6.07, 6.45) is 1.51. The summed E-state index contributed by atoms with van der Waals surface area (Å²) in [5, 5.41) is 22.2. The van der Waals surface area contributed by atoms with Crippen molar-refractivity contribution in [2.75, 3.05) is 38.1 Å². The number of fused-ring (bicyclic) bond motifs is 1. The van der Waals surface area contributed by atoms with Crippen LogP contribution >= 0.6 is 0 Å². The van der Waals surface area contributed by atoms with Crippen LogP contribution in [0.15, 0.2) is 18.3 Å². The van der Waals surface area contributed by atoms with E-state index in [0.717, 1.165) is 18.7 Å². The number of rotatable bonds is 7. The molecule has 0 spiro atoms. The van der Waals surface area contributed by atoms with Gasteiger partial charge >= 0.3 is 0 Å². The molecule has 2 aromatic rings. The number of benzene rings is 1. The van der Waals surface area contributed by atoms with Crippen LogP contribution in [0.5, 0.6) is 0 Å². The Bertz CT molecular complexity index is 727. The van der Waals surface area contributed by atoms with Gasteiger partial charge in [-0.3, -0.25) is 9.88 Å². The first-order valence-electron chi connectivity index (χ1n) is 7.66. The summed E-state index contributed by atoms with van der Waals surface area (Å²) in [6.45, 7) is 6.69. The van der Waals surface area contributed by atoms with Gasteiger partial charge in [0.15, 0.2) is 0 Å². The minimum atomic E-state index is -0.342. The first-order valence-corrected chi connectivity index (χ1v) is 7.66. The third-order valence-electron chi connectivity index (χ3n) is 3.84. The Morgan fingerprint density at radius 2 is 2.17 bits per heavy atom. The minimum absolute atomic E-state index is 0.111. The maximum Gasteiger partial charge on any atom is 0.124 e. The largest absolute Gasteiger partial charge is 0.395 e. The van der Waals surface area contributed by atoms with E-state index in [0.29, 0.717) is 35.2 Å². The zero-order valence-corrected chi connectivity index (χ0v) is 13.4. The summed E-state index contributed by atoms with van der Waals surface area (Å²) >= 11 is 0. The van der Waals surface area contributed by atoms with Gasteiger partial charge in [0.2, 0.25) is 0 Å². The zero-order chi connectivity index (χ0) is 16.8. The van der Waals surface area contributed by atoms with Gasteiger partial charge in [-0.1, -0.05) is 6.92 Å². The molecule has 0 aliphatic heterocycles. The number of hydrogen-bond donors (Lipinski definition) is 2. The number of aliphatic hydroxyl groups excluding tert-OH is 1. The van der Waals surface area contributed by atoms with Crippen LogP contribution in [0, 0.1) is 24.1 Å². The molecule has 0 unspecified atom stereocenters. The average Bonchev–Trinajstić information content (AvgIpc) is 2.54. The number of hydrogen-bond acceptors (Lipinski definition) is 5. The maximum atomic E-state index is 13.7. The van der Waals surface area contributed by atoms with E-state index < -0.39 is 0 Å². The SMILES string of the molecule is CCN(CCO)CCNc1c(C#N)cnc2c(C)cc(F)cc12. The lowest BCUT2D eigenvalue weighted by Crippen LogP contribution is -2.31. The van der Waals surface area contributed by atoms with Gasteiger partial charge in [0, 0.05) is 31.2 Å². The van der Waals surface area contributed by atoms with Gasteiger partial charge in [-0.25, -0.2) is 4.39 Å². The first-order chi connectivity index (χ1) is 11.1. The monoisotopic (exact) mass is 316 g/mol. The second-order valence-electron chi connectivity index (χ2n) is 5.36. The third-order valence-corrected chi connectivity index (χ3v) is 3.84. The number of pyridine rings is 1. The van der Waals surface area contributed by atoms with Crippen LogP contribution in [0.25, 0.3) is 10.9 Å². The molecule has 0 fully saturated rings. The topological polar surface area (TPSA) is 72.2 Å². The van der Waals surface area contributed by atoms with E-state index in [1.54, 1.807) is 6.92 Å². The predicted octanol–water partition coefficient (Wildman–Crippen LogP) is 2.28. The molecule has 6 heteroatoms. The van der Waals surface area contributed by atoms with E-state index in [-0.39, 0.29) is 12.4 Å². The summed E-state index contributed by atoms with van der Waals surface area (Å²) in [5.41, 5.74) is 2.44. The van der Waals surface area contributed by atoms with Crippen LogP contribution in [0.3, 0.4) is 0 Å². The molecule has 5 nitrogen and oxygen atoms in total. The van der Waals surface area contributed by atoms with E-state index in [4.69, 9.17) is 5.11 Å². The molecule has 2 N–H and O–H groups in total. The molecule has 2 rings (SSSR count). The van der Waals surface area contributed by atoms with E-state index in [9.17, 15) is 9.65 Å². The van der Waals surface area contributed by atoms with Gasteiger partial charge in [0.25, 0.3) is 0 Å². The van der Waals surface area contributed by atoms with Crippen molar-refractivity contribution in [1.29, 1.82) is 5.26 Å². The van der Waals surface area contributed by atoms with Crippen molar-refractivity contribution >= 4 is 16.6 Å². The molecule has 0 bridgehead atoms. The van der Waals surface area contributed by atoms with Gasteiger partial charge in [-0.2, -0.15) is 5.26 Å². The number of likely N-dealkylation sites (N-methyl/N-ethyl adjacent to an activating group) is 1. The molecule has 0 aliphatic rings. The summed E-state index contributed by atoms with van der Waals surface area (Å²) < 4.78 is 13.7. The van der Waals surface area contributed by atoms with Crippen molar-refractivity contribution in [2.24, 2.45) is 0 Å². The van der Waals surface area contributed by atoms with Crippen molar-refractivity contribution in [3.8, 4) is 6.07 Å². The van der Waals surface area contributed by atoms with E-state index in [1.807, 2.05) is 6.92 Å². The summed E-state index contributed by atoms with van der Waals surface area (Å²) in [5.74, 6) is -0.342. The van der Waals surface area contributed by atoms with E-state index >= 15 is 0 Å². The number of aromatic nitrogens is 1. The fourth-order valence-electron chi connectivity index (χ4n) is 2.62. The number of nitrogens with zero attached hydrogens (tertiary/aromatic N) is 3. The number of anilines is 1. The number of halogens is 1. The Morgan fingerprint density at radius 1 is 1.39 bits per heavy atom. The number of aliphatic hydroxyl groups is 1. The molecular formula is C17H21FN4O. The van der Waals surface area contributed by atoms with E-state index in [1.165, 1.54) is 18.3 Å². The Kier molecular flexibility index (Phi) is 5.85. The predicted molar refractivity (Wildman–Crippen MR) is 88.8 cm³/mol. The maximum absolute atomic E-state index is 13.7. The second-order valence-corrected chi connectivity index (χ2v) is 5.36. The third kappa shape index (κ3) is 3.95. The highest BCUT2D eigenvalue weighted by molar-refractivity contribution is 5.95. The minimum Gasteiger partial charge on any atom is -0.395 e. The zero-order valence-electron chi connectivity index (χ0n) is 13.4. The lowest BCUT2D eigenvalue weighted by molar-refractivity contribution is 0.206. The van der Waals surface area contributed by atoms with Crippen LogP contribution in [0.4, 0.5) is 10.1 Å². The highest BCUT2D eigenvalue weighted by atomic mass is 19.1. The summed E-state index contributed by atoms with van der Waals surface area (Å²) in [6, 6.07) is 4.95. The summed E-state index contributed by atoms with van der Waals surface area (Å²) in [4.78, 5) is 6.36. The summed E-state index contributed by atoms with van der Waals surface area (Å²) in [7, 11) is 0. The lowest BCUT2D eigenvalue weighted by Gasteiger charge is -2.20. The molecule has 0 saturated heterocycles.